The summed E-state index contributed by atoms with van der Waals surface area (Å²) in [5, 5.41) is 2.78. The first-order valence-electron chi connectivity index (χ1n) is 5.00. The molecular formula is C10H15NO3. The Bertz CT molecular complexity index is 300. The normalized spacial score (nSPS) is 40.3. The molecule has 0 aromatic heterocycles. The lowest BCUT2D eigenvalue weighted by Gasteiger charge is -2.43. The van der Waals surface area contributed by atoms with Crippen LogP contribution in [0.5, 0.6) is 0 Å². The molecule has 0 aromatic carbocycles. The van der Waals surface area contributed by atoms with Crippen LogP contribution in [-0.4, -0.2) is 23.5 Å². The number of nitrogens with one attached hydrogen (secondary N) is 1. The standard InChI is InChI=1S/C10H15NO3/c1-5(2)4-10-7(14-9(10)13)6(3)8(12)11-10/h5-7H,4H2,1-3H3,(H,11,12)/t6-,7+,10-/m1/s1. The number of carbonyl (C=O) groups excluding carboxylic acids is 2. The SMILES string of the molecule is CC(C)C[C@@]12NC(=O)[C@H](C)[C@@H]1OC2=O. The van der Waals surface area contributed by atoms with E-state index in [-0.39, 0.29) is 23.9 Å². The van der Waals surface area contributed by atoms with Gasteiger partial charge in [0.25, 0.3) is 0 Å². The number of rotatable bonds is 2. The first kappa shape index (κ1) is 9.49. The van der Waals surface area contributed by atoms with Gasteiger partial charge in [-0.3, -0.25) is 4.79 Å². The van der Waals surface area contributed by atoms with E-state index in [0.717, 1.165) is 0 Å². The maximum atomic E-state index is 11.4. The van der Waals surface area contributed by atoms with Crippen molar-refractivity contribution in [1.82, 2.24) is 5.32 Å². The lowest BCUT2D eigenvalue weighted by Crippen LogP contribution is -2.67. The Labute approximate surface area is 83.0 Å². The van der Waals surface area contributed by atoms with Crippen LogP contribution in [0.15, 0.2) is 0 Å². The predicted molar refractivity (Wildman–Crippen MR) is 49.4 cm³/mol. The van der Waals surface area contributed by atoms with Crippen molar-refractivity contribution in [2.45, 2.75) is 38.8 Å². The number of amides is 1. The maximum absolute atomic E-state index is 11.4. The third-order valence-corrected chi connectivity index (χ3v) is 3.03. The number of carbonyl (C=O) groups is 2. The molecule has 0 unspecified atom stereocenters. The molecule has 78 valence electrons. The minimum atomic E-state index is -0.704. The summed E-state index contributed by atoms with van der Waals surface area (Å²) in [6.07, 6.45) is 0.428. The van der Waals surface area contributed by atoms with Crippen molar-refractivity contribution < 1.29 is 14.3 Å². The maximum Gasteiger partial charge on any atom is 0.336 e. The molecular weight excluding hydrogens is 182 g/mol. The molecule has 3 atom stereocenters. The van der Waals surface area contributed by atoms with E-state index in [1.807, 2.05) is 13.8 Å². The summed E-state index contributed by atoms with van der Waals surface area (Å²) in [5.74, 6) is -0.169. The van der Waals surface area contributed by atoms with E-state index in [0.29, 0.717) is 12.3 Å². The molecule has 14 heavy (non-hydrogen) atoms. The Morgan fingerprint density at radius 2 is 2.14 bits per heavy atom. The van der Waals surface area contributed by atoms with Gasteiger partial charge >= 0.3 is 5.97 Å². The van der Waals surface area contributed by atoms with Gasteiger partial charge in [0.1, 0.15) is 6.10 Å². The molecule has 4 heteroatoms. The van der Waals surface area contributed by atoms with Gasteiger partial charge in [-0.15, -0.1) is 0 Å². The molecule has 0 aromatic rings. The topological polar surface area (TPSA) is 55.4 Å². The lowest BCUT2D eigenvalue weighted by atomic mass is 9.79. The molecule has 1 amide bonds. The Morgan fingerprint density at radius 3 is 2.57 bits per heavy atom. The highest BCUT2D eigenvalue weighted by molar-refractivity contribution is 5.99. The highest BCUT2D eigenvalue weighted by Crippen LogP contribution is 2.42. The average Bonchev–Trinajstić information content (AvgIpc) is 2.26. The van der Waals surface area contributed by atoms with E-state index in [1.54, 1.807) is 6.92 Å². The van der Waals surface area contributed by atoms with Crippen LogP contribution in [0.3, 0.4) is 0 Å². The quantitative estimate of drug-likeness (QED) is 0.654. The molecule has 2 rings (SSSR count). The van der Waals surface area contributed by atoms with E-state index >= 15 is 0 Å². The van der Waals surface area contributed by atoms with Gasteiger partial charge in [-0.1, -0.05) is 13.8 Å². The van der Waals surface area contributed by atoms with Crippen LogP contribution in [0.25, 0.3) is 0 Å². The van der Waals surface area contributed by atoms with Gasteiger partial charge in [-0.2, -0.15) is 0 Å². The zero-order chi connectivity index (χ0) is 10.5. The summed E-state index contributed by atoms with van der Waals surface area (Å²) in [6.45, 7) is 5.87. The van der Waals surface area contributed by atoms with Crippen LogP contribution < -0.4 is 5.32 Å². The third-order valence-electron chi connectivity index (χ3n) is 3.03. The second-order valence-corrected chi connectivity index (χ2v) is 4.67. The Kier molecular flexibility index (Phi) is 1.84. The zero-order valence-corrected chi connectivity index (χ0v) is 8.66. The van der Waals surface area contributed by atoms with E-state index < -0.39 is 5.54 Å². The number of ether oxygens (including phenoxy) is 1. The highest BCUT2D eigenvalue weighted by atomic mass is 16.6. The summed E-state index contributed by atoms with van der Waals surface area (Å²) in [4.78, 5) is 22.8. The highest BCUT2D eigenvalue weighted by Gasteiger charge is 2.66. The second-order valence-electron chi connectivity index (χ2n) is 4.67. The molecule has 4 nitrogen and oxygen atoms in total. The summed E-state index contributed by atoms with van der Waals surface area (Å²) < 4.78 is 5.03. The number of hydrogen-bond acceptors (Lipinski definition) is 3. The molecule has 0 spiro atoms. The minimum Gasteiger partial charge on any atom is -0.457 e. The summed E-state index contributed by atoms with van der Waals surface area (Å²) >= 11 is 0. The van der Waals surface area contributed by atoms with E-state index in [1.165, 1.54) is 0 Å². The minimum absolute atomic E-state index is 0.0681. The lowest BCUT2D eigenvalue weighted by molar-refractivity contribution is -0.193. The Hall–Kier alpha value is -1.06. The molecule has 2 aliphatic heterocycles. The second kappa shape index (κ2) is 2.72. The van der Waals surface area contributed by atoms with E-state index in [2.05, 4.69) is 5.32 Å². The third kappa shape index (κ3) is 0.996. The first-order chi connectivity index (χ1) is 6.47. The van der Waals surface area contributed by atoms with Crippen LogP contribution >= 0.6 is 0 Å². The fourth-order valence-electron chi connectivity index (χ4n) is 2.40. The van der Waals surface area contributed by atoms with E-state index in [4.69, 9.17) is 4.74 Å². The molecule has 0 saturated carbocycles. The Balaban J connectivity index is 2.24. The average molecular weight is 197 g/mol. The number of esters is 1. The van der Waals surface area contributed by atoms with Gasteiger partial charge in [0.2, 0.25) is 5.91 Å². The van der Waals surface area contributed by atoms with Crippen LogP contribution in [0.1, 0.15) is 27.2 Å². The molecule has 0 bridgehead atoms. The van der Waals surface area contributed by atoms with E-state index in [9.17, 15) is 9.59 Å². The molecule has 0 aliphatic carbocycles. The summed E-state index contributed by atoms with van der Waals surface area (Å²) in [5.41, 5.74) is -0.704. The van der Waals surface area contributed by atoms with Gasteiger partial charge in [-0.05, 0) is 19.3 Å². The van der Waals surface area contributed by atoms with Crippen LogP contribution in [-0.2, 0) is 14.3 Å². The smallest absolute Gasteiger partial charge is 0.336 e. The molecule has 2 aliphatic rings. The van der Waals surface area contributed by atoms with Crippen molar-refractivity contribution in [1.29, 1.82) is 0 Å². The fraction of sp³-hybridized carbons (Fsp3) is 0.800. The van der Waals surface area contributed by atoms with Crippen LogP contribution in [0.2, 0.25) is 0 Å². The van der Waals surface area contributed by atoms with Gasteiger partial charge in [0, 0.05) is 0 Å². The van der Waals surface area contributed by atoms with Crippen molar-refractivity contribution >= 4 is 11.9 Å². The number of fused-ring (bicyclic) bond motifs is 1. The number of hydrogen-bond donors (Lipinski definition) is 1. The summed E-state index contributed by atoms with van der Waals surface area (Å²) in [6, 6.07) is 0. The fourth-order valence-corrected chi connectivity index (χ4v) is 2.40. The Morgan fingerprint density at radius 1 is 1.50 bits per heavy atom. The van der Waals surface area contributed by atoms with Crippen molar-refractivity contribution in [2.24, 2.45) is 11.8 Å². The first-order valence-corrected chi connectivity index (χ1v) is 5.00. The molecule has 2 heterocycles. The van der Waals surface area contributed by atoms with Crippen molar-refractivity contribution in [3.8, 4) is 0 Å². The summed E-state index contributed by atoms with van der Waals surface area (Å²) in [7, 11) is 0. The van der Waals surface area contributed by atoms with Crippen molar-refractivity contribution in [3.05, 3.63) is 0 Å². The van der Waals surface area contributed by atoms with Crippen molar-refractivity contribution in [2.75, 3.05) is 0 Å². The molecule has 2 saturated heterocycles. The van der Waals surface area contributed by atoms with Crippen LogP contribution in [0, 0.1) is 11.8 Å². The monoisotopic (exact) mass is 197 g/mol. The van der Waals surface area contributed by atoms with Crippen molar-refractivity contribution in [3.63, 3.8) is 0 Å². The largest absolute Gasteiger partial charge is 0.457 e. The predicted octanol–water partition coefficient (Wildman–Crippen LogP) is 0.463. The molecule has 1 N–H and O–H groups in total. The van der Waals surface area contributed by atoms with Gasteiger partial charge < -0.3 is 10.1 Å². The zero-order valence-electron chi connectivity index (χ0n) is 8.66. The molecule has 0 radical (unpaired) electrons. The molecule has 2 fully saturated rings. The van der Waals surface area contributed by atoms with Gasteiger partial charge in [-0.25, -0.2) is 4.79 Å². The van der Waals surface area contributed by atoms with Gasteiger partial charge in [0.05, 0.1) is 5.92 Å². The van der Waals surface area contributed by atoms with Crippen LogP contribution in [0.4, 0.5) is 0 Å². The van der Waals surface area contributed by atoms with Gasteiger partial charge in [0.15, 0.2) is 5.54 Å².